The summed E-state index contributed by atoms with van der Waals surface area (Å²) in [6, 6.07) is -0.579. The van der Waals surface area contributed by atoms with Gasteiger partial charge in [0.1, 0.15) is 0 Å². The summed E-state index contributed by atoms with van der Waals surface area (Å²) < 4.78 is 0. The van der Waals surface area contributed by atoms with Crippen molar-refractivity contribution in [3.8, 4) is 0 Å². The lowest BCUT2D eigenvalue weighted by atomic mass is 9.78. The largest absolute Gasteiger partial charge is 0.350 e. The topological polar surface area (TPSA) is 67.5 Å². The van der Waals surface area contributed by atoms with Gasteiger partial charge in [-0.2, -0.15) is 5.10 Å². The quantitative estimate of drug-likeness (QED) is 0.652. The molecule has 1 rings (SSSR count). The third-order valence-electron chi connectivity index (χ3n) is 3.04. The van der Waals surface area contributed by atoms with E-state index in [9.17, 15) is 4.79 Å². The van der Waals surface area contributed by atoms with E-state index >= 15 is 0 Å². The summed E-state index contributed by atoms with van der Waals surface area (Å²) in [7, 11) is 0. The molecular formula is C10H19N3O. The minimum atomic E-state index is -0.579. The molecule has 80 valence electrons. The number of rotatable bonds is 2. The van der Waals surface area contributed by atoms with E-state index in [1.54, 1.807) is 0 Å². The van der Waals surface area contributed by atoms with E-state index in [2.05, 4.69) is 24.4 Å². The second-order valence-electron chi connectivity index (χ2n) is 4.04. The molecule has 2 atom stereocenters. The summed E-state index contributed by atoms with van der Waals surface area (Å²) >= 11 is 0. The van der Waals surface area contributed by atoms with Crippen LogP contribution in [0.1, 0.15) is 39.5 Å². The molecule has 0 aromatic carbocycles. The number of carbonyl (C=O) groups excluding carboxylic acids is 1. The number of nitrogens with one attached hydrogen (secondary N) is 1. The molecule has 14 heavy (non-hydrogen) atoms. The smallest absolute Gasteiger partial charge is 0.332 e. The molecule has 1 fully saturated rings. The first-order chi connectivity index (χ1) is 6.63. The number of nitrogens with zero attached hydrogens (tertiary/aromatic N) is 1. The predicted octanol–water partition coefficient (Wildman–Crippen LogP) is 1.86. The van der Waals surface area contributed by atoms with Crippen LogP contribution in [0, 0.1) is 11.8 Å². The van der Waals surface area contributed by atoms with Crippen molar-refractivity contribution in [2.24, 2.45) is 22.7 Å². The van der Waals surface area contributed by atoms with E-state index in [4.69, 9.17) is 5.73 Å². The Balaban J connectivity index is 2.49. The van der Waals surface area contributed by atoms with Crippen LogP contribution in [-0.4, -0.2) is 11.7 Å². The highest BCUT2D eigenvalue weighted by Gasteiger charge is 2.23. The van der Waals surface area contributed by atoms with Crippen LogP contribution in [0.15, 0.2) is 5.10 Å². The van der Waals surface area contributed by atoms with Gasteiger partial charge in [0.25, 0.3) is 0 Å². The van der Waals surface area contributed by atoms with Crippen LogP contribution in [0.25, 0.3) is 0 Å². The fourth-order valence-electron chi connectivity index (χ4n) is 2.02. The molecule has 1 aliphatic carbocycles. The lowest BCUT2D eigenvalue weighted by molar-refractivity contribution is 0.249. The second kappa shape index (κ2) is 4.98. The zero-order valence-corrected chi connectivity index (χ0v) is 8.92. The van der Waals surface area contributed by atoms with Gasteiger partial charge in [-0.3, -0.25) is 0 Å². The first-order valence-corrected chi connectivity index (χ1v) is 5.24. The number of hydrogen-bond donors (Lipinski definition) is 2. The molecule has 0 spiro atoms. The molecule has 0 aromatic heterocycles. The molecule has 0 heterocycles. The monoisotopic (exact) mass is 197 g/mol. The van der Waals surface area contributed by atoms with E-state index in [0.717, 1.165) is 30.9 Å². The molecule has 0 bridgehead atoms. The molecule has 2 amide bonds. The van der Waals surface area contributed by atoms with Crippen molar-refractivity contribution in [1.82, 2.24) is 5.43 Å². The van der Waals surface area contributed by atoms with Crippen molar-refractivity contribution in [3.63, 3.8) is 0 Å². The molecular weight excluding hydrogens is 178 g/mol. The Labute approximate surface area is 84.9 Å². The van der Waals surface area contributed by atoms with Crippen molar-refractivity contribution in [1.29, 1.82) is 0 Å². The van der Waals surface area contributed by atoms with Crippen LogP contribution in [-0.2, 0) is 0 Å². The summed E-state index contributed by atoms with van der Waals surface area (Å²) in [5.41, 5.74) is 8.33. The number of hydrogen-bond acceptors (Lipinski definition) is 2. The lowest BCUT2D eigenvalue weighted by Crippen LogP contribution is -2.29. The number of amides is 2. The minimum absolute atomic E-state index is 0.579. The number of urea groups is 1. The van der Waals surface area contributed by atoms with Gasteiger partial charge in [0, 0.05) is 5.71 Å². The zero-order chi connectivity index (χ0) is 10.6. The van der Waals surface area contributed by atoms with Crippen LogP contribution in [0.4, 0.5) is 4.79 Å². The summed E-state index contributed by atoms with van der Waals surface area (Å²) in [5.74, 6) is 1.48. The van der Waals surface area contributed by atoms with Crippen LogP contribution >= 0.6 is 0 Å². The SMILES string of the molecule is CCC1C/C(=N/NC(N)=O)CCC1C. The average Bonchev–Trinajstić information content (AvgIpc) is 2.16. The Kier molecular flexibility index (Phi) is 3.92. The fourth-order valence-corrected chi connectivity index (χ4v) is 2.02. The fraction of sp³-hybridized carbons (Fsp3) is 0.800. The van der Waals surface area contributed by atoms with Crippen LogP contribution in [0.3, 0.4) is 0 Å². The molecule has 4 nitrogen and oxygen atoms in total. The maximum atomic E-state index is 10.5. The highest BCUT2D eigenvalue weighted by molar-refractivity contribution is 5.86. The third kappa shape index (κ3) is 3.01. The summed E-state index contributed by atoms with van der Waals surface area (Å²) in [6.07, 6.45) is 4.32. The van der Waals surface area contributed by atoms with E-state index in [1.165, 1.54) is 6.42 Å². The van der Waals surface area contributed by atoms with Gasteiger partial charge in [0.2, 0.25) is 0 Å². The Bertz CT molecular complexity index is 238. The van der Waals surface area contributed by atoms with Gasteiger partial charge >= 0.3 is 6.03 Å². The van der Waals surface area contributed by atoms with Crippen LogP contribution in [0.5, 0.6) is 0 Å². The molecule has 4 heteroatoms. The van der Waals surface area contributed by atoms with E-state index in [0.29, 0.717) is 5.92 Å². The highest BCUT2D eigenvalue weighted by Crippen LogP contribution is 2.30. The van der Waals surface area contributed by atoms with Gasteiger partial charge in [0.05, 0.1) is 0 Å². The van der Waals surface area contributed by atoms with Crippen molar-refractivity contribution in [2.75, 3.05) is 0 Å². The minimum Gasteiger partial charge on any atom is -0.350 e. The molecule has 0 saturated heterocycles. The van der Waals surface area contributed by atoms with Gasteiger partial charge in [0.15, 0.2) is 0 Å². The first kappa shape index (κ1) is 11.0. The zero-order valence-electron chi connectivity index (χ0n) is 8.92. The van der Waals surface area contributed by atoms with Crippen LogP contribution < -0.4 is 11.2 Å². The molecule has 0 aromatic rings. The van der Waals surface area contributed by atoms with Gasteiger partial charge in [-0.05, 0) is 31.1 Å². The highest BCUT2D eigenvalue weighted by atomic mass is 16.2. The van der Waals surface area contributed by atoms with Gasteiger partial charge in [-0.1, -0.05) is 20.3 Å². The van der Waals surface area contributed by atoms with Crippen LogP contribution in [0.2, 0.25) is 0 Å². The predicted molar refractivity (Wildman–Crippen MR) is 57.0 cm³/mol. The van der Waals surface area contributed by atoms with E-state index < -0.39 is 6.03 Å². The van der Waals surface area contributed by atoms with E-state index in [1.807, 2.05) is 0 Å². The Morgan fingerprint density at radius 1 is 1.71 bits per heavy atom. The van der Waals surface area contributed by atoms with Crippen molar-refractivity contribution < 1.29 is 4.79 Å². The molecule has 0 aliphatic heterocycles. The molecule has 2 unspecified atom stereocenters. The van der Waals surface area contributed by atoms with Crippen molar-refractivity contribution in [2.45, 2.75) is 39.5 Å². The average molecular weight is 197 g/mol. The standard InChI is InChI=1S/C10H19N3O/c1-3-8-6-9(5-4-7(8)2)12-13-10(11)14/h7-8H,3-6H2,1-2H3,(H3,11,13,14)/b12-9+. The number of primary amides is 1. The Morgan fingerprint density at radius 3 is 3.00 bits per heavy atom. The maximum Gasteiger partial charge on any atom is 0.332 e. The summed E-state index contributed by atoms with van der Waals surface area (Å²) in [5, 5.41) is 4.01. The number of carbonyl (C=O) groups is 1. The van der Waals surface area contributed by atoms with E-state index in [-0.39, 0.29) is 0 Å². The summed E-state index contributed by atoms with van der Waals surface area (Å²) in [6.45, 7) is 4.48. The van der Waals surface area contributed by atoms with Crippen molar-refractivity contribution in [3.05, 3.63) is 0 Å². The summed E-state index contributed by atoms with van der Waals surface area (Å²) in [4.78, 5) is 10.5. The van der Waals surface area contributed by atoms with Gasteiger partial charge in [-0.25, -0.2) is 10.2 Å². The Hall–Kier alpha value is -1.06. The second-order valence-corrected chi connectivity index (χ2v) is 4.04. The molecule has 0 radical (unpaired) electrons. The first-order valence-electron chi connectivity index (χ1n) is 5.24. The lowest BCUT2D eigenvalue weighted by Gasteiger charge is -2.28. The Morgan fingerprint density at radius 2 is 2.43 bits per heavy atom. The maximum absolute atomic E-state index is 10.5. The van der Waals surface area contributed by atoms with Gasteiger partial charge < -0.3 is 5.73 Å². The van der Waals surface area contributed by atoms with Gasteiger partial charge in [-0.15, -0.1) is 0 Å². The normalized spacial score (nSPS) is 30.3. The molecule has 3 N–H and O–H groups in total. The number of nitrogens with two attached hydrogens (primary N) is 1. The van der Waals surface area contributed by atoms with Crippen molar-refractivity contribution >= 4 is 11.7 Å². The molecule has 1 aliphatic rings. The molecule has 1 saturated carbocycles. The third-order valence-corrected chi connectivity index (χ3v) is 3.04. The number of hydrazone groups is 1.